The zero-order valence-electron chi connectivity index (χ0n) is 10.8. The fourth-order valence-corrected chi connectivity index (χ4v) is 2.15. The lowest BCUT2D eigenvalue weighted by Gasteiger charge is -2.19. The number of halogens is 1. The van der Waals surface area contributed by atoms with E-state index < -0.39 is 5.03 Å². The summed E-state index contributed by atoms with van der Waals surface area (Å²) in [6, 6.07) is 3.54. The van der Waals surface area contributed by atoms with Crippen molar-refractivity contribution in [2.24, 2.45) is 5.10 Å². The van der Waals surface area contributed by atoms with E-state index in [4.69, 9.17) is 11.6 Å². The second kappa shape index (κ2) is 6.33. The van der Waals surface area contributed by atoms with E-state index in [0.717, 1.165) is 5.56 Å². The van der Waals surface area contributed by atoms with Gasteiger partial charge in [-0.2, -0.15) is 0 Å². The largest absolute Gasteiger partial charge is 0.332 e. The molecule has 0 bridgehead atoms. The highest BCUT2D eigenvalue weighted by Crippen LogP contribution is 2.14. The number of guanidine groups is 1. The predicted octanol–water partition coefficient (Wildman–Crippen LogP) is 1.59. The van der Waals surface area contributed by atoms with Crippen LogP contribution in [-0.2, 0) is 6.54 Å². The van der Waals surface area contributed by atoms with Crippen LogP contribution >= 0.6 is 11.6 Å². The van der Waals surface area contributed by atoms with Crippen molar-refractivity contribution >= 4 is 17.6 Å². The third-order valence-corrected chi connectivity index (χ3v) is 3.11. The van der Waals surface area contributed by atoms with E-state index in [1.165, 1.54) is 0 Å². The van der Waals surface area contributed by atoms with Crippen LogP contribution in [0.1, 0.15) is 5.56 Å². The smallest absolute Gasteiger partial charge is 0.274 e. The second-order valence-electron chi connectivity index (χ2n) is 4.28. The molecule has 8 heteroatoms. The first-order chi connectivity index (χ1) is 9.60. The molecule has 0 saturated carbocycles. The van der Waals surface area contributed by atoms with Crippen molar-refractivity contribution in [3.63, 3.8) is 0 Å². The minimum absolute atomic E-state index is 0.352. The van der Waals surface area contributed by atoms with Gasteiger partial charge in [0.1, 0.15) is 10.3 Å². The lowest BCUT2D eigenvalue weighted by molar-refractivity contribution is -0.486. The van der Waals surface area contributed by atoms with Gasteiger partial charge in [-0.3, -0.25) is 0 Å². The number of nitro groups is 1. The molecule has 2 heterocycles. The zero-order valence-corrected chi connectivity index (χ0v) is 11.5. The first-order valence-corrected chi connectivity index (χ1v) is 6.42. The van der Waals surface area contributed by atoms with E-state index in [2.05, 4.69) is 16.7 Å². The van der Waals surface area contributed by atoms with Crippen LogP contribution in [0, 0.1) is 10.1 Å². The van der Waals surface area contributed by atoms with Gasteiger partial charge in [0.05, 0.1) is 0 Å². The van der Waals surface area contributed by atoms with Crippen LogP contribution in [-0.4, -0.2) is 45.4 Å². The highest BCUT2D eigenvalue weighted by Gasteiger charge is 2.28. The van der Waals surface area contributed by atoms with E-state index in [1.807, 2.05) is 15.9 Å². The van der Waals surface area contributed by atoms with Crippen LogP contribution in [0.4, 0.5) is 0 Å². The molecule has 1 saturated heterocycles. The van der Waals surface area contributed by atoms with Crippen LogP contribution in [0.15, 0.2) is 36.1 Å². The fourth-order valence-electron chi connectivity index (χ4n) is 2.04. The molecule has 0 spiro atoms. The average molecular weight is 296 g/mol. The monoisotopic (exact) mass is 295 g/mol. The molecule has 0 unspecified atom stereocenters. The second-order valence-corrected chi connectivity index (χ2v) is 4.67. The van der Waals surface area contributed by atoms with Crippen molar-refractivity contribution < 1.29 is 5.03 Å². The molecule has 106 valence electrons. The van der Waals surface area contributed by atoms with Gasteiger partial charge >= 0.3 is 0 Å². The molecule has 0 amide bonds. The summed E-state index contributed by atoms with van der Waals surface area (Å²) in [5.74, 6) is 0.352. The number of aromatic nitrogens is 1. The third kappa shape index (κ3) is 3.45. The minimum atomic E-state index is -0.677. The van der Waals surface area contributed by atoms with Crippen molar-refractivity contribution in [3.05, 3.63) is 51.8 Å². The fraction of sp³-hybridized carbons (Fsp3) is 0.333. The Morgan fingerprint density at radius 2 is 2.25 bits per heavy atom. The summed E-state index contributed by atoms with van der Waals surface area (Å²) in [5, 5.41) is 13.9. The SMILES string of the molecule is C=CCN1CCN(Cc2ccc(Cl)nc2)C1=N[N+](=O)[O-]. The summed E-state index contributed by atoms with van der Waals surface area (Å²) in [5.41, 5.74) is 0.922. The van der Waals surface area contributed by atoms with Crippen LogP contribution in [0.2, 0.25) is 5.15 Å². The van der Waals surface area contributed by atoms with Crippen LogP contribution < -0.4 is 0 Å². The van der Waals surface area contributed by atoms with Crippen molar-refractivity contribution in [1.82, 2.24) is 14.8 Å². The van der Waals surface area contributed by atoms with Gasteiger partial charge in [0.2, 0.25) is 0 Å². The maximum Gasteiger partial charge on any atom is 0.274 e. The van der Waals surface area contributed by atoms with Crippen molar-refractivity contribution in [2.75, 3.05) is 19.6 Å². The molecule has 1 aliphatic heterocycles. The quantitative estimate of drug-likeness (QED) is 0.357. The van der Waals surface area contributed by atoms with Gasteiger partial charge < -0.3 is 9.80 Å². The highest BCUT2D eigenvalue weighted by molar-refractivity contribution is 6.29. The Morgan fingerprint density at radius 3 is 2.85 bits per heavy atom. The van der Waals surface area contributed by atoms with Crippen molar-refractivity contribution in [1.29, 1.82) is 0 Å². The summed E-state index contributed by atoms with van der Waals surface area (Å²) in [4.78, 5) is 18.3. The minimum Gasteiger partial charge on any atom is -0.332 e. The first kappa shape index (κ1) is 14.3. The van der Waals surface area contributed by atoms with Gasteiger partial charge in [0.25, 0.3) is 5.96 Å². The van der Waals surface area contributed by atoms with Gasteiger partial charge in [0.15, 0.2) is 5.03 Å². The van der Waals surface area contributed by atoms with Gasteiger partial charge in [-0.1, -0.05) is 23.7 Å². The molecule has 2 rings (SSSR count). The average Bonchev–Trinajstić information content (AvgIpc) is 2.75. The third-order valence-electron chi connectivity index (χ3n) is 2.89. The number of hydrazone groups is 1. The van der Waals surface area contributed by atoms with Crippen LogP contribution in [0.25, 0.3) is 0 Å². The predicted molar refractivity (Wildman–Crippen MR) is 75.9 cm³/mol. The Hall–Kier alpha value is -2.15. The summed E-state index contributed by atoms with van der Waals surface area (Å²) in [7, 11) is 0. The van der Waals surface area contributed by atoms with Crippen molar-refractivity contribution in [3.8, 4) is 0 Å². The Kier molecular flexibility index (Phi) is 4.52. The standard InChI is InChI=1S/C12H14ClN5O2/c1-2-5-16-6-7-17(12(16)15-18(19)20)9-10-3-4-11(13)14-8-10/h2-4,8H,1,5-7,9H2. The number of hydrogen-bond donors (Lipinski definition) is 0. The molecular weight excluding hydrogens is 282 g/mol. The van der Waals surface area contributed by atoms with E-state index in [9.17, 15) is 10.1 Å². The molecule has 1 fully saturated rings. The van der Waals surface area contributed by atoms with Gasteiger partial charge in [0, 0.05) is 32.4 Å². The molecule has 1 aromatic rings. The highest BCUT2D eigenvalue weighted by atomic mass is 35.5. The molecular formula is C12H14ClN5O2. The summed E-state index contributed by atoms with van der Waals surface area (Å²) < 4.78 is 0. The number of pyridine rings is 1. The molecule has 0 atom stereocenters. The molecule has 0 radical (unpaired) electrons. The van der Waals surface area contributed by atoms with Crippen LogP contribution in [0.5, 0.6) is 0 Å². The molecule has 0 N–H and O–H groups in total. The maximum atomic E-state index is 10.7. The Labute approximate surface area is 121 Å². The summed E-state index contributed by atoms with van der Waals surface area (Å²) in [6.45, 7) is 6.03. The molecule has 1 aromatic heterocycles. The lowest BCUT2D eigenvalue weighted by Crippen LogP contribution is -2.34. The Balaban J connectivity index is 2.15. The van der Waals surface area contributed by atoms with Gasteiger partial charge in [-0.15, -0.1) is 6.58 Å². The molecule has 7 nitrogen and oxygen atoms in total. The van der Waals surface area contributed by atoms with Crippen molar-refractivity contribution in [2.45, 2.75) is 6.54 Å². The zero-order chi connectivity index (χ0) is 14.5. The normalized spacial score (nSPS) is 16.8. The Bertz CT molecular complexity index is 531. The number of rotatable bonds is 5. The van der Waals surface area contributed by atoms with Crippen LogP contribution in [0.3, 0.4) is 0 Å². The summed E-state index contributed by atoms with van der Waals surface area (Å²) in [6.07, 6.45) is 3.35. The van der Waals surface area contributed by atoms with E-state index in [1.54, 1.807) is 18.3 Å². The molecule has 1 aliphatic rings. The van der Waals surface area contributed by atoms with E-state index in [-0.39, 0.29) is 0 Å². The molecule has 20 heavy (non-hydrogen) atoms. The van der Waals surface area contributed by atoms with Gasteiger partial charge in [-0.25, -0.2) is 15.1 Å². The molecule has 0 aromatic carbocycles. The Morgan fingerprint density at radius 1 is 1.50 bits per heavy atom. The topological polar surface area (TPSA) is 74.9 Å². The summed E-state index contributed by atoms with van der Waals surface area (Å²) >= 11 is 5.73. The number of nitrogens with zero attached hydrogens (tertiary/aromatic N) is 5. The van der Waals surface area contributed by atoms with E-state index >= 15 is 0 Å². The first-order valence-electron chi connectivity index (χ1n) is 6.04. The number of hydrogen-bond acceptors (Lipinski definition) is 3. The lowest BCUT2D eigenvalue weighted by atomic mass is 10.3. The van der Waals surface area contributed by atoms with Gasteiger partial charge in [-0.05, 0) is 11.6 Å². The maximum absolute atomic E-state index is 10.7. The van der Waals surface area contributed by atoms with E-state index in [0.29, 0.717) is 37.3 Å². The molecule has 0 aliphatic carbocycles.